The number of rotatable bonds is 3. The summed E-state index contributed by atoms with van der Waals surface area (Å²) in [5.74, 6) is -1.44. The number of hydrogen-bond acceptors (Lipinski definition) is 4. The number of piperazine rings is 1. The highest BCUT2D eigenvalue weighted by Gasteiger charge is 2.33. The molecule has 0 bridgehead atoms. The van der Waals surface area contributed by atoms with Crippen LogP contribution in [0.1, 0.15) is 29.8 Å². The van der Waals surface area contributed by atoms with Gasteiger partial charge < -0.3 is 10.6 Å². The molecule has 3 rings (SSSR count). The average molecular weight is 360 g/mol. The summed E-state index contributed by atoms with van der Waals surface area (Å²) >= 11 is 0. The van der Waals surface area contributed by atoms with Crippen LogP contribution in [0, 0.1) is 11.8 Å². The quantitative estimate of drug-likeness (QED) is 0.855. The second-order valence-electron chi connectivity index (χ2n) is 6.79. The van der Waals surface area contributed by atoms with Gasteiger partial charge in [-0.15, -0.1) is 0 Å². The molecule has 0 spiro atoms. The number of pyridine rings is 1. The Morgan fingerprint density at radius 1 is 1.12 bits per heavy atom. The van der Waals surface area contributed by atoms with E-state index in [1.54, 1.807) is 17.0 Å². The maximum atomic E-state index is 14.0. The van der Waals surface area contributed by atoms with Gasteiger partial charge in [0.1, 0.15) is 11.6 Å². The van der Waals surface area contributed by atoms with E-state index in [0.29, 0.717) is 19.6 Å². The number of benzene rings is 1. The van der Waals surface area contributed by atoms with Gasteiger partial charge in [0.25, 0.3) is 5.91 Å². The molecular weight excluding hydrogens is 338 g/mol. The Morgan fingerprint density at radius 2 is 1.81 bits per heavy atom. The first-order valence-corrected chi connectivity index (χ1v) is 8.56. The fourth-order valence-electron chi connectivity index (χ4n) is 3.29. The largest absolute Gasteiger partial charge is 0.384 e. The number of carbonyl (C=O) groups is 1. The molecule has 0 aliphatic carbocycles. The Bertz CT molecular complexity index is 797. The molecule has 0 unspecified atom stereocenters. The lowest BCUT2D eigenvalue weighted by molar-refractivity contribution is 0.0286. The lowest BCUT2D eigenvalue weighted by atomic mass is 10.1. The number of carbonyl (C=O) groups excluding carboxylic acids is 1. The molecule has 2 atom stereocenters. The molecule has 7 heteroatoms. The van der Waals surface area contributed by atoms with Crippen LogP contribution in [0.15, 0.2) is 36.4 Å². The molecule has 5 nitrogen and oxygen atoms in total. The molecule has 1 saturated heterocycles. The van der Waals surface area contributed by atoms with E-state index < -0.39 is 5.95 Å². The predicted octanol–water partition coefficient (Wildman–Crippen LogP) is 2.68. The molecule has 26 heavy (non-hydrogen) atoms. The molecule has 0 radical (unpaired) electrons. The summed E-state index contributed by atoms with van der Waals surface area (Å²) in [7, 11) is 0. The van der Waals surface area contributed by atoms with Crippen molar-refractivity contribution in [3.63, 3.8) is 0 Å². The molecule has 2 aromatic rings. The summed E-state index contributed by atoms with van der Waals surface area (Å²) < 4.78 is 27.1. The first kappa shape index (κ1) is 18.3. The van der Waals surface area contributed by atoms with Gasteiger partial charge in [-0.05, 0) is 43.7 Å². The second kappa shape index (κ2) is 7.37. The van der Waals surface area contributed by atoms with Gasteiger partial charge in [-0.2, -0.15) is 4.39 Å². The SMILES string of the molecule is C[C@@H]1CN(Cc2ccc(F)cc2)[C@@H](C)CN1C(=O)c1ccc(N)nc1F. The van der Waals surface area contributed by atoms with Crippen molar-refractivity contribution in [1.82, 2.24) is 14.8 Å². The van der Waals surface area contributed by atoms with Crippen LogP contribution in [0.4, 0.5) is 14.6 Å². The van der Waals surface area contributed by atoms with E-state index in [9.17, 15) is 13.6 Å². The zero-order valence-electron chi connectivity index (χ0n) is 14.8. The van der Waals surface area contributed by atoms with Crippen LogP contribution in [-0.4, -0.2) is 45.9 Å². The van der Waals surface area contributed by atoms with Crippen LogP contribution < -0.4 is 5.73 Å². The van der Waals surface area contributed by atoms with Crippen LogP contribution in [0.3, 0.4) is 0 Å². The van der Waals surface area contributed by atoms with E-state index in [-0.39, 0.29) is 35.2 Å². The first-order chi connectivity index (χ1) is 12.3. The molecule has 1 aromatic heterocycles. The van der Waals surface area contributed by atoms with Gasteiger partial charge in [-0.3, -0.25) is 9.69 Å². The molecule has 2 heterocycles. The van der Waals surface area contributed by atoms with Gasteiger partial charge in [0, 0.05) is 31.7 Å². The van der Waals surface area contributed by atoms with E-state index in [1.165, 1.54) is 24.3 Å². The van der Waals surface area contributed by atoms with Crippen molar-refractivity contribution in [3.8, 4) is 0 Å². The fraction of sp³-hybridized carbons (Fsp3) is 0.368. The molecule has 138 valence electrons. The standard InChI is InChI=1S/C19H22F2N4O/c1-12-10-25(19(26)16-7-8-17(22)23-18(16)21)13(2)9-24(12)11-14-3-5-15(20)6-4-14/h3-8,12-13H,9-11H2,1-2H3,(H2,22,23)/t12-,13+/m0/s1. The number of nitrogens with two attached hydrogens (primary N) is 1. The Morgan fingerprint density at radius 3 is 2.46 bits per heavy atom. The van der Waals surface area contributed by atoms with Gasteiger partial charge >= 0.3 is 0 Å². The number of anilines is 1. The zero-order chi connectivity index (χ0) is 18.8. The zero-order valence-corrected chi connectivity index (χ0v) is 14.8. The Hall–Kier alpha value is -2.54. The van der Waals surface area contributed by atoms with Crippen molar-refractivity contribution in [1.29, 1.82) is 0 Å². The number of hydrogen-bond donors (Lipinski definition) is 1. The number of nitrogens with zero attached hydrogens (tertiary/aromatic N) is 3. The Kier molecular flexibility index (Phi) is 5.18. The van der Waals surface area contributed by atoms with Crippen molar-refractivity contribution in [2.24, 2.45) is 0 Å². The average Bonchev–Trinajstić information content (AvgIpc) is 2.59. The van der Waals surface area contributed by atoms with Crippen LogP contribution >= 0.6 is 0 Å². The molecule has 1 aromatic carbocycles. The van der Waals surface area contributed by atoms with Crippen LogP contribution in [0.5, 0.6) is 0 Å². The van der Waals surface area contributed by atoms with Crippen LogP contribution in [0.2, 0.25) is 0 Å². The maximum absolute atomic E-state index is 14.0. The maximum Gasteiger partial charge on any atom is 0.258 e. The lowest BCUT2D eigenvalue weighted by Gasteiger charge is -2.44. The third-order valence-corrected chi connectivity index (χ3v) is 4.78. The van der Waals surface area contributed by atoms with Crippen LogP contribution in [-0.2, 0) is 6.54 Å². The highest BCUT2D eigenvalue weighted by Crippen LogP contribution is 2.21. The van der Waals surface area contributed by atoms with Gasteiger partial charge in [0.2, 0.25) is 5.95 Å². The van der Waals surface area contributed by atoms with Crippen molar-refractivity contribution >= 4 is 11.7 Å². The summed E-state index contributed by atoms with van der Waals surface area (Å²) in [4.78, 5) is 20.2. The van der Waals surface area contributed by atoms with E-state index in [4.69, 9.17) is 5.73 Å². The summed E-state index contributed by atoms with van der Waals surface area (Å²) in [6, 6.07) is 9.22. The van der Waals surface area contributed by atoms with E-state index in [1.807, 2.05) is 13.8 Å². The number of amides is 1. The third kappa shape index (κ3) is 3.83. The van der Waals surface area contributed by atoms with E-state index in [0.717, 1.165) is 5.56 Å². The van der Waals surface area contributed by atoms with Crippen molar-refractivity contribution in [2.45, 2.75) is 32.5 Å². The normalized spacial score (nSPS) is 21.0. The monoisotopic (exact) mass is 360 g/mol. The lowest BCUT2D eigenvalue weighted by Crippen LogP contribution is -2.57. The Labute approximate surface area is 151 Å². The topological polar surface area (TPSA) is 62.5 Å². The van der Waals surface area contributed by atoms with E-state index >= 15 is 0 Å². The van der Waals surface area contributed by atoms with Gasteiger partial charge in [-0.1, -0.05) is 12.1 Å². The van der Waals surface area contributed by atoms with Gasteiger partial charge in [-0.25, -0.2) is 9.37 Å². The highest BCUT2D eigenvalue weighted by molar-refractivity contribution is 5.94. The summed E-state index contributed by atoms with van der Waals surface area (Å²) in [6.45, 7) is 5.75. The minimum atomic E-state index is -0.844. The highest BCUT2D eigenvalue weighted by atomic mass is 19.1. The molecule has 0 saturated carbocycles. The first-order valence-electron chi connectivity index (χ1n) is 8.56. The van der Waals surface area contributed by atoms with Gasteiger partial charge in [0.15, 0.2) is 0 Å². The number of aromatic nitrogens is 1. The van der Waals surface area contributed by atoms with Gasteiger partial charge in [0.05, 0.1) is 5.56 Å². The smallest absolute Gasteiger partial charge is 0.258 e. The molecule has 1 fully saturated rings. The van der Waals surface area contributed by atoms with Crippen LogP contribution in [0.25, 0.3) is 0 Å². The molecule has 2 N–H and O–H groups in total. The fourth-order valence-corrected chi connectivity index (χ4v) is 3.29. The summed E-state index contributed by atoms with van der Waals surface area (Å²) in [5.41, 5.74) is 6.40. The molecular formula is C19H22F2N4O. The van der Waals surface area contributed by atoms with Crippen molar-refractivity contribution < 1.29 is 13.6 Å². The molecule has 1 aliphatic heterocycles. The second-order valence-corrected chi connectivity index (χ2v) is 6.79. The predicted molar refractivity (Wildman–Crippen MR) is 95.4 cm³/mol. The number of nitrogen functional groups attached to an aromatic ring is 1. The summed E-state index contributed by atoms with van der Waals surface area (Å²) in [6.07, 6.45) is 0. The van der Waals surface area contributed by atoms with E-state index in [2.05, 4.69) is 9.88 Å². The van der Waals surface area contributed by atoms with Crippen molar-refractivity contribution in [3.05, 3.63) is 59.3 Å². The van der Waals surface area contributed by atoms with Crippen molar-refractivity contribution in [2.75, 3.05) is 18.8 Å². The molecule has 1 amide bonds. The molecule has 1 aliphatic rings. The number of halogens is 2. The minimum Gasteiger partial charge on any atom is -0.384 e. The minimum absolute atomic E-state index is 0.0459. The summed E-state index contributed by atoms with van der Waals surface area (Å²) in [5, 5.41) is 0. The third-order valence-electron chi connectivity index (χ3n) is 4.78. The Balaban J connectivity index is 1.71.